The number of anilines is 1. The summed E-state index contributed by atoms with van der Waals surface area (Å²) in [7, 11) is 0. The second kappa shape index (κ2) is 32.3. The van der Waals surface area contributed by atoms with E-state index in [1.807, 2.05) is 45.0 Å². The van der Waals surface area contributed by atoms with Crippen LogP contribution in [0.25, 0.3) is 22.3 Å². The topological polar surface area (TPSA) is 412 Å². The van der Waals surface area contributed by atoms with Gasteiger partial charge in [0.05, 0.1) is 61.7 Å². The maximum Gasteiger partial charge on any atom is 0.510 e. The average Bonchev–Trinajstić information content (AvgIpc) is 1.65. The van der Waals surface area contributed by atoms with E-state index in [0.717, 1.165) is 22.4 Å². The van der Waals surface area contributed by atoms with Gasteiger partial charge in [0.1, 0.15) is 36.9 Å². The number of rotatable bonds is 33. The number of pyridine rings is 2. The summed E-state index contributed by atoms with van der Waals surface area (Å²) in [6.45, 7) is 10.0. The van der Waals surface area contributed by atoms with Gasteiger partial charge in [0.25, 0.3) is 17.4 Å². The van der Waals surface area contributed by atoms with Gasteiger partial charge in [-0.15, -0.1) is 0 Å². The zero-order valence-corrected chi connectivity index (χ0v) is 52.4. The molecule has 4 atom stereocenters. The van der Waals surface area contributed by atoms with E-state index in [4.69, 9.17) is 39.2 Å². The van der Waals surface area contributed by atoms with Crippen LogP contribution < -0.4 is 43.2 Å². The van der Waals surface area contributed by atoms with Crippen molar-refractivity contribution in [3.8, 4) is 11.4 Å². The zero-order valence-electron chi connectivity index (χ0n) is 52.4. The number of carbonyl (C=O) groups is 11. The monoisotopic (exact) mass is 1290 g/mol. The molecule has 0 fully saturated rings. The number of primary amides is 1. The van der Waals surface area contributed by atoms with E-state index in [0.29, 0.717) is 33.6 Å². The molecular formula is C63H77N11O19. The number of urea groups is 1. The number of amides is 9. The number of ether oxygens (including phenoxy) is 5. The lowest BCUT2D eigenvalue weighted by atomic mass is 9.85. The summed E-state index contributed by atoms with van der Waals surface area (Å²) in [6, 6.07) is 10.2. The first-order valence-electron chi connectivity index (χ1n) is 30.2. The van der Waals surface area contributed by atoms with Gasteiger partial charge < -0.3 is 75.8 Å². The van der Waals surface area contributed by atoms with E-state index in [9.17, 15) is 62.6 Å². The molecule has 4 aromatic rings. The van der Waals surface area contributed by atoms with Crippen LogP contribution in [0.15, 0.2) is 76.7 Å². The molecular weight excluding hydrogens is 1210 g/mol. The first-order valence-corrected chi connectivity index (χ1v) is 30.2. The van der Waals surface area contributed by atoms with E-state index < -0.39 is 107 Å². The van der Waals surface area contributed by atoms with Crippen LogP contribution in [-0.2, 0) is 97.0 Å². The van der Waals surface area contributed by atoms with E-state index in [1.54, 1.807) is 33.1 Å². The molecule has 9 N–H and O–H groups in total. The molecule has 498 valence electrons. The number of esters is 1. The molecule has 2 aromatic heterocycles. The van der Waals surface area contributed by atoms with Crippen LogP contribution in [-0.4, -0.2) is 161 Å². The Morgan fingerprint density at radius 1 is 0.806 bits per heavy atom. The zero-order chi connectivity index (χ0) is 67.6. The summed E-state index contributed by atoms with van der Waals surface area (Å²) in [5.41, 5.74) is 5.84. The van der Waals surface area contributed by atoms with Crippen molar-refractivity contribution in [2.75, 3.05) is 51.4 Å². The number of carboxylic acids is 1. The number of para-hydroxylation sites is 1. The normalized spacial score (nSPS) is 15.7. The van der Waals surface area contributed by atoms with Gasteiger partial charge in [0.2, 0.25) is 35.1 Å². The molecule has 0 spiro atoms. The standard InChI is InChI=1S/C63H77N11O19/c1-7-63(43-31-47-54-41(33-74(47)58(84)42(43)35-90-59(63)85)40(32-67-93-62(4,5)6)39-11-8-9-12-44(39)70-54)92-61(87)91-34-37-14-16-38(17-15-37)68-55(81)45(13-10-24-66-60(64)86)71-57(83)53(36(2)3)72-56(82)46(18-21-52(79)80)69-49(76)23-27-88-29-30-89-28-25-65-48(75)22-26-73-50(77)19-20-51(73)78/h8-9,11-12,14-17,19-20,31-32,36,45-46,53H,7,10,13,18,21-30,33-35H2,1-6H3,(H,65,75)(H,68,81)(H,69,76)(H,71,83)(H,72,82)(H,79,80)(H3,64,66,86)/b67-32+/t45-,46-,53-,63+/m0/s1. The summed E-state index contributed by atoms with van der Waals surface area (Å²) >= 11 is 0. The number of carboxylic acid groups (broad SMARTS) is 1. The number of nitrogens with one attached hydrogen (secondary N) is 6. The second-order valence-electron chi connectivity index (χ2n) is 23.2. The number of aliphatic carboxylic acids is 1. The first-order chi connectivity index (χ1) is 44.3. The molecule has 7 rings (SSSR count). The highest BCUT2D eigenvalue weighted by molar-refractivity contribution is 6.13. The highest BCUT2D eigenvalue weighted by Gasteiger charge is 2.51. The Morgan fingerprint density at radius 2 is 1.51 bits per heavy atom. The third-order valence-electron chi connectivity index (χ3n) is 15.0. The van der Waals surface area contributed by atoms with Crippen LogP contribution in [0.1, 0.15) is 114 Å². The molecule has 9 amide bonds. The summed E-state index contributed by atoms with van der Waals surface area (Å²) in [5.74, 6) is -7.21. The van der Waals surface area contributed by atoms with Crippen molar-refractivity contribution in [1.29, 1.82) is 0 Å². The summed E-state index contributed by atoms with van der Waals surface area (Å²) in [4.78, 5) is 166. The number of hydrogen-bond donors (Lipinski definition) is 8. The number of cyclic esters (lactones) is 1. The molecule has 0 bridgehead atoms. The Kier molecular flexibility index (Phi) is 24.4. The minimum Gasteiger partial charge on any atom is -0.481 e. The summed E-state index contributed by atoms with van der Waals surface area (Å²) < 4.78 is 29.3. The maximum absolute atomic E-state index is 14.3. The number of oxime groups is 1. The van der Waals surface area contributed by atoms with E-state index in [-0.39, 0.29) is 127 Å². The van der Waals surface area contributed by atoms with Gasteiger partial charge in [-0.1, -0.05) is 56.3 Å². The molecule has 3 aliphatic heterocycles. The number of hydrogen-bond acceptors (Lipinski definition) is 20. The van der Waals surface area contributed by atoms with Crippen molar-refractivity contribution in [3.05, 3.63) is 105 Å². The van der Waals surface area contributed by atoms with Crippen LogP contribution in [0.3, 0.4) is 0 Å². The van der Waals surface area contributed by atoms with Crippen molar-refractivity contribution in [1.82, 2.24) is 41.0 Å². The van der Waals surface area contributed by atoms with Crippen LogP contribution in [0, 0.1) is 5.92 Å². The predicted molar refractivity (Wildman–Crippen MR) is 331 cm³/mol. The largest absolute Gasteiger partial charge is 0.510 e. The van der Waals surface area contributed by atoms with Gasteiger partial charge in [-0.3, -0.25) is 48.1 Å². The van der Waals surface area contributed by atoms with Crippen molar-refractivity contribution in [2.45, 2.75) is 136 Å². The summed E-state index contributed by atoms with van der Waals surface area (Å²) in [6.07, 6.45) is 1.37. The molecule has 2 aromatic carbocycles. The average molecular weight is 1290 g/mol. The van der Waals surface area contributed by atoms with E-state index in [1.165, 1.54) is 28.8 Å². The fraction of sp³-hybridized carbons (Fsp3) is 0.460. The first kappa shape index (κ1) is 70.4. The molecule has 0 radical (unpaired) electrons. The minimum absolute atomic E-state index is 0.0280. The maximum atomic E-state index is 14.3. The predicted octanol–water partition coefficient (Wildman–Crippen LogP) is 2.81. The molecule has 0 saturated heterocycles. The molecule has 93 heavy (non-hydrogen) atoms. The van der Waals surface area contributed by atoms with Crippen molar-refractivity contribution < 1.29 is 86.4 Å². The number of benzene rings is 2. The number of fused-ring (bicyclic) bond motifs is 5. The van der Waals surface area contributed by atoms with Gasteiger partial charge >= 0.3 is 24.1 Å². The van der Waals surface area contributed by atoms with Gasteiger partial charge in [-0.25, -0.2) is 19.4 Å². The quantitative estimate of drug-likeness (QED) is 0.00984. The Bertz CT molecular complexity index is 3600. The lowest BCUT2D eigenvalue weighted by Crippen LogP contribution is -2.58. The SMILES string of the molecule is CC[C@]1(OC(=O)OCc2ccc(NC(=O)[C@H](CCCNC(N)=O)NC(=O)[C@@H](NC(=O)[C@H](CCC(=O)O)NC(=O)CCOCCOCCNC(=O)CCN3C(=O)C=CC3=O)C(C)C)cc2)C(=O)OCc2c1cc1n(c2=O)Cc2c-1nc1ccccc1c2/C=N/OC(C)(C)C. The summed E-state index contributed by atoms with van der Waals surface area (Å²) in [5, 5.41) is 30.0. The number of nitrogens with two attached hydrogens (primary N) is 1. The van der Waals surface area contributed by atoms with Crippen LogP contribution >= 0.6 is 0 Å². The number of imide groups is 1. The van der Waals surface area contributed by atoms with Crippen molar-refractivity contribution in [2.24, 2.45) is 16.8 Å². The van der Waals surface area contributed by atoms with E-state index >= 15 is 0 Å². The number of nitrogens with zero attached hydrogens (tertiary/aromatic N) is 4. The number of aromatic nitrogens is 2. The Morgan fingerprint density at radius 3 is 2.18 bits per heavy atom. The Hall–Kier alpha value is -10.1. The van der Waals surface area contributed by atoms with Crippen molar-refractivity contribution >= 4 is 88.3 Å². The van der Waals surface area contributed by atoms with Gasteiger partial charge in [0, 0.05) is 78.8 Å². The molecule has 0 saturated carbocycles. The Balaban J connectivity index is 0.925. The third-order valence-corrected chi connectivity index (χ3v) is 15.0. The van der Waals surface area contributed by atoms with Gasteiger partial charge in [-0.05, 0) is 82.2 Å². The molecule has 5 heterocycles. The van der Waals surface area contributed by atoms with E-state index in [2.05, 4.69) is 37.1 Å². The third kappa shape index (κ3) is 19.0. The minimum atomic E-state index is -2.09. The molecule has 0 unspecified atom stereocenters. The van der Waals surface area contributed by atoms with Crippen LogP contribution in [0.5, 0.6) is 0 Å². The highest BCUT2D eigenvalue weighted by Crippen LogP contribution is 2.42. The fourth-order valence-corrected chi connectivity index (χ4v) is 10.2. The lowest BCUT2D eigenvalue weighted by Gasteiger charge is -2.35. The highest BCUT2D eigenvalue weighted by atomic mass is 16.7. The van der Waals surface area contributed by atoms with Gasteiger partial charge in [0.15, 0.2) is 0 Å². The molecule has 3 aliphatic rings. The second-order valence-corrected chi connectivity index (χ2v) is 23.2. The number of carbonyl (C=O) groups excluding carboxylic acids is 10. The van der Waals surface area contributed by atoms with Crippen LogP contribution in [0.4, 0.5) is 15.3 Å². The molecule has 30 nitrogen and oxygen atoms in total. The molecule has 30 heteroatoms. The Labute approximate surface area is 534 Å². The fourth-order valence-electron chi connectivity index (χ4n) is 10.2. The lowest BCUT2D eigenvalue weighted by molar-refractivity contribution is -0.175. The van der Waals surface area contributed by atoms with Crippen molar-refractivity contribution in [3.63, 3.8) is 0 Å². The molecule has 0 aliphatic carbocycles. The van der Waals surface area contributed by atoms with Crippen LogP contribution in [0.2, 0.25) is 0 Å². The smallest absolute Gasteiger partial charge is 0.481 e. The van der Waals surface area contributed by atoms with Gasteiger partial charge in [-0.2, -0.15) is 0 Å².